The Kier molecular flexibility index (Phi) is 7.45. The number of aromatic nitrogens is 2. The van der Waals surface area contributed by atoms with Gasteiger partial charge in [0.25, 0.3) is 0 Å². The Bertz CT molecular complexity index is 1460. The first-order valence-electron chi connectivity index (χ1n) is 12.9. The van der Waals surface area contributed by atoms with Gasteiger partial charge in [-0.15, -0.1) is 0 Å². The smallest absolute Gasteiger partial charge is 0.230 e. The average molecular weight is 530 g/mol. The molecule has 38 heavy (non-hydrogen) atoms. The molecule has 1 N–H and O–H groups in total. The number of hydrogen-bond donors (Lipinski definition) is 1. The number of nitrogens with one attached hydrogen (secondary N) is 1. The lowest BCUT2D eigenvalue weighted by Crippen LogP contribution is -2.39. The first kappa shape index (κ1) is 25.9. The molecule has 9 heteroatoms. The van der Waals surface area contributed by atoms with Gasteiger partial charge in [0, 0.05) is 37.1 Å². The van der Waals surface area contributed by atoms with Crippen molar-refractivity contribution < 1.29 is 13.2 Å². The summed E-state index contributed by atoms with van der Waals surface area (Å²) in [7, 11) is -3.08. The van der Waals surface area contributed by atoms with E-state index in [4.69, 9.17) is 10.00 Å². The summed E-state index contributed by atoms with van der Waals surface area (Å²) in [6, 6.07) is 15.8. The number of sulfonamides is 1. The first-order chi connectivity index (χ1) is 18.3. The number of nitriles is 1. The lowest BCUT2D eigenvalue weighted by atomic mass is 9.90. The zero-order valence-electron chi connectivity index (χ0n) is 21.6. The maximum absolute atomic E-state index is 12.5. The van der Waals surface area contributed by atoms with Crippen LogP contribution in [0.2, 0.25) is 0 Å². The van der Waals surface area contributed by atoms with Crippen molar-refractivity contribution in [3.63, 3.8) is 0 Å². The van der Waals surface area contributed by atoms with E-state index in [9.17, 15) is 8.42 Å². The van der Waals surface area contributed by atoms with Crippen molar-refractivity contribution in [2.45, 2.75) is 50.7 Å². The molecule has 0 unspecified atom stereocenters. The van der Waals surface area contributed by atoms with Gasteiger partial charge in [0.15, 0.2) is 0 Å². The zero-order chi connectivity index (χ0) is 26.7. The van der Waals surface area contributed by atoms with Crippen molar-refractivity contribution in [3.05, 3.63) is 77.0 Å². The molecule has 2 fully saturated rings. The summed E-state index contributed by atoms with van der Waals surface area (Å²) in [5, 5.41) is 11.9. The fourth-order valence-corrected chi connectivity index (χ4v) is 6.80. The highest BCUT2D eigenvalue weighted by atomic mass is 32.2. The number of anilines is 2. The average Bonchev–Trinajstić information content (AvgIpc) is 3.77. The molecule has 0 radical (unpaired) electrons. The second-order valence-corrected chi connectivity index (χ2v) is 12.1. The van der Waals surface area contributed by atoms with E-state index in [2.05, 4.69) is 27.4 Å². The lowest BCUT2D eigenvalue weighted by Gasteiger charge is -2.31. The summed E-state index contributed by atoms with van der Waals surface area (Å²) < 4.78 is 32.8. The Morgan fingerprint density at radius 1 is 1.05 bits per heavy atom. The van der Waals surface area contributed by atoms with E-state index in [0.29, 0.717) is 30.8 Å². The summed E-state index contributed by atoms with van der Waals surface area (Å²) in [6.45, 7) is 5.12. The number of hydrogen-bond acceptors (Lipinski definition) is 7. The van der Waals surface area contributed by atoms with E-state index in [1.165, 1.54) is 11.6 Å². The molecule has 8 nitrogen and oxygen atoms in total. The summed E-state index contributed by atoms with van der Waals surface area (Å²) in [4.78, 5) is 8.84. The molecule has 196 valence electrons. The van der Waals surface area contributed by atoms with Crippen molar-refractivity contribution in [2.24, 2.45) is 0 Å². The molecule has 1 saturated carbocycles. The topological polar surface area (TPSA) is 108 Å². The fourth-order valence-electron chi connectivity index (χ4n) is 4.93. The number of benzene rings is 2. The molecule has 1 aliphatic carbocycles. The minimum absolute atomic E-state index is 0.137. The maximum atomic E-state index is 12.5. The predicted octanol–water partition coefficient (Wildman–Crippen LogP) is 5.84. The molecule has 0 spiro atoms. The van der Waals surface area contributed by atoms with Gasteiger partial charge in [-0.3, -0.25) is 0 Å². The van der Waals surface area contributed by atoms with E-state index in [-0.39, 0.29) is 5.25 Å². The molecule has 0 bridgehead atoms. The van der Waals surface area contributed by atoms with Crippen LogP contribution < -0.4 is 10.1 Å². The maximum Gasteiger partial charge on any atom is 0.230 e. The van der Waals surface area contributed by atoms with Crippen molar-refractivity contribution in [2.75, 3.05) is 18.4 Å². The predicted molar refractivity (Wildman–Crippen MR) is 148 cm³/mol. The number of ether oxygens (including phenoxy) is 1. The number of aryl methyl sites for hydroxylation is 2. The third-order valence-corrected chi connectivity index (χ3v) is 9.47. The Morgan fingerprint density at radius 2 is 1.74 bits per heavy atom. The molecule has 1 aromatic heterocycles. The summed E-state index contributed by atoms with van der Waals surface area (Å²) in [5.74, 6) is 1.94. The second kappa shape index (κ2) is 10.9. The van der Waals surface area contributed by atoms with Crippen molar-refractivity contribution >= 4 is 27.7 Å². The lowest BCUT2D eigenvalue weighted by molar-refractivity contribution is 0.319. The standard InChI is InChI=1S/C29H31N5O3S/c1-20-18-22(4-3-14-30)19-21(2)28(20)37-27-11-15-31-29(33-27)32-25-7-5-23(6-8-25)24-12-16-34(17-13-24)38(35,36)26-9-10-26/h3-8,11,15,18-19,24,26H,9-10,12-13,16-17H2,1-2H3,(H,31,32,33)/b4-3+. The number of piperidine rings is 1. The Labute approximate surface area is 224 Å². The summed E-state index contributed by atoms with van der Waals surface area (Å²) in [6.07, 6.45) is 8.18. The van der Waals surface area contributed by atoms with Gasteiger partial charge in [0.1, 0.15) is 5.75 Å². The van der Waals surface area contributed by atoms with Crippen LogP contribution in [0.25, 0.3) is 6.08 Å². The minimum atomic E-state index is -3.08. The number of nitrogens with zero attached hydrogens (tertiary/aromatic N) is 4. The van der Waals surface area contributed by atoms with E-state index < -0.39 is 10.0 Å². The van der Waals surface area contributed by atoms with Crippen LogP contribution in [0, 0.1) is 25.2 Å². The fraction of sp³-hybridized carbons (Fsp3) is 0.345. The van der Waals surface area contributed by atoms with Gasteiger partial charge in [0.05, 0.1) is 11.3 Å². The first-order valence-corrected chi connectivity index (χ1v) is 14.4. The normalized spacial score (nSPS) is 16.9. The van der Waals surface area contributed by atoms with E-state index in [0.717, 1.165) is 53.8 Å². The molecular weight excluding hydrogens is 498 g/mol. The van der Waals surface area contributed by atoms with Crippen LogP contribution in [0.4, 0.5) is 11.6 Å². The highest BCUT2D eigenvalue weighted by Gasteiger charge is 2.41. The quantitative estimate of drug-likeness (QED) is 0.365. The van der Waals surface area contributed by atoms with Gasteiger partial charge in [-0.2, -0.15) is 10.2 Å². The second-order valence-electron chi connectivity index (χ2n) is 9.93. The largest absolute Gasteiger partial charge is 0.438 e. The van der Waals surface area contributed by atoms with Crippen LogP contribution in [-0.2, 0) is 10.0 Å². The summed E-state index contributed by atoms with van der Waals surface area (Å²) in [5.41, 5.74) is 4.91. The van der Waals surface area contributed by atoms with Crippen LogP contribution in [0.5, 0.6) is 11.6 Å². The van der Waals surface area contributed by atoms with Crippen molar-refractivity contribution in [3.8, 4) is 17.7 Å². The summed E-state index contributed by atoms with van der Waals surface area (Å²) >= 11 is 0. The third-order valence-electron chi connectivity index (χ3n) is 7.07. The van der Waals surface area contributed by atoms with Crippen LogP contribution in [-0.4, -0.2) is 41.0 Å². The van der Waals surface area contributed by atoms with E-state index in [1.807, 2.05) is 44.2 Å². The van der Waals surface area contributed by atoms with Gasteiger partial charge in [-0.05, 0) is 98.0 Å². The van der Waals surface area contributed by atoms with Gasteiger partial charge < -0.3 is 10.1 Å². The number of allylic oxidation sites excluding steroid dienone is 1. The van der Waals surface area contributed by atoms with Crippen LogP contribution in [0.15, 0.2) is 54.7 Å². The molecule has 0 atom stereocenters. The molecule has 2 aromatic carbocycles. The van der Waals surface area contributed by atoms with Gasteiger partial charge in [0.2, 0.25) is 21.9 Å². The highest BCUT2D eigenvalue weighted by Crippen LogP contribution is 2.36. The van der Waals surface area contributed by atoms with Crippen LogP contribution in [0.1, 0.15) is 53.9 Å². The Balaban J connectivity index is 1.21. The zero-order valence-corrected chi connectivity index (χ0v) is 22.4. The molecule has 2 heterocycles. The molecule has 5 rings (SSSR count). The minimum Gasteiger partial charge on any atom is -0.438 e. The monoisotopic (exact) mass is 529 g/mol. The molecule has 3 aromatic rings. The molecule has 1 aliphatic heterocycles. The molecular formula is C29H31N5O3S. The molecule has 2 aliphatic rings. The SMILES string of the molecule is Cc1cc(/C=C/C#N)cc(C)c1Oc1ccnc(Nc2ccc(C3CCN(S(=O)(=O)C4CC4)CC3)cc2)n1. The van der Waals surface area contributed by atoms with E-state index in [1.54, 1.807) is 22.6 Å². The number of rotatable bonds is 8. The third kappa shape index (κ3) is 5.87. The van der Waals surface area contributed by atoms with Gasteiger partial charge >= 0.3 is 0 Å². The molecule has 0 amide bonds. The van der Waals surface area contributed by atoms with Crippen molar-refractivity contribution in [1.29, 1.82) is 5.26 Å². The van der Waals surface area contributed by atoms with Crippen LogP contribution in [0.3, 0.4) is 0 Å². The van der Waals surface area contributed by atoms with Gasteiger partial charge in [-0.25, -0.2) is 17.7 Å². The molecule has 1 saturated heterocycles. The van der Waals surface area contributed by atoms with Crippen molar-refractivity contribution in [1.82, 2.24) is 14.3 Å². The Morgan fingerprint density at radius 3 is 2.37 bits per heavy atom. The van der Waals surface area contributed by atoms with E-state index >= 15 is 0 Å². The van der Waals surface area contributed by atoms with Gasteiger partial charge in [-0.1, -0.05) is 12.1 Å². The van der Waals surface area contributed by atoms with Crippen LogP contribution >= 0.6 is 0 Å². The highest BCUT2D eigenvalue weighted by molar-refractivity contribution is 7.90. The Hall–Kier alpha value is -3.74.